The van der Waals surface area contributed by atoms with Crippen molar-refractivity contribution in [3.63, 3.8) is 0 Å². The van der Waals surface area contributed by atoms with Gasteiger partial charge in [0, 0.05) is 21.4 Å². The fourth-order valence-electron chi connectivity index (χ4n) is 3.95. The zero-order valence-corrected chi connectivity index (χ0v) is 20.6. The maximum atomic E-state index is 13.4. The minimum absolute atomic E-state index is 0.0108. The number of halogens is 3. The molecule has 0 fully saturated rings. The summed E-state index contributed by atoms with van der Waals surface area (Å²) in [6.45, 7) is 5.16. The molecule has 1 heterocycles. The Morgan fingerprint density at radius 3 is 2.18 bits per heavy atom. The topological polar surface area (TPSA) is 81.9 Å². The minimum Gasteiger partial charge on any atom is -0.463 e. The van der Waals surface area contributed by atoms with Gasteiger partial charge in [0.2, 0.25) is 0 Å². The third-order valence-electron chi connectivity index (χ3n) is 5.39. The van der Waals surface area contributed by atoms with E-state index in [0.29, 0.717) is 11.3 Å². The molecule has 9 heteroatoms. The number of anilines is 1. The van der Waals surface area contributed by atoms with E-state index in [1.54, 1.807) is 51.1 Å². The normalized spacial score (nSPS) is 16.2. The van der Waals surface area contributed by atoms with E-state index >= 15 is 0 Å². The standard InChI is InChI=1S/C25H25BrF2N2O4/c1-4-33-24(31)19-14(3)30(18-8-6-7-16(13-18)22(27)28)23(29)21(25(32)34-5-2)20(19)15-9-11-17(26)12-10-15/h6-13,20,22H,4-5,29H2,1-3H3. The molecule has 2 aromatic rings. The van der Waals surface area contributed by atoms with Crippen LogP contribution in [0, 0.1) is 0 Å². The first-order valence-corrected chi connectivity index (χ1v) is 11.5. The molecule has 0 bridgehead atoms. The van der Waals surface area contributed by atoms with E-state index in [1.165, 1.54) is 23.1 Å². The summed E-state index contributed by atoms with van der Waals surface area (Å²) < 4.78 is 38.2. The summed E-state index contributed by atoms with van der Waals surface area (Å²) in [6.07, 6.45) is -2.70. The molecule has 1 aliphatic heterocycles. The van der Waals surface area contributed by atoms with E-state index in [-0.39, 0.29) is 41.4 Å². The Hall–Kier alpha value is -3.20. The molecule has 0 spiro atoms. The fourth-order valence-corrected chi connectivity index (χ4v) is 4.21. The summed E-state index contributed by atoms with van der Waals surface area (Å²) in [5.74, 6) is -2.24. The zero-order valence-electron chi connectivity index (χ0n) is 19.0. The number of carbonyl (C=O) groups is 2. The van der Waals surface area contributed by atoms with Crippen LogP contribution in [0.2, 0.25) is 0 Å². The first-order valence-electron chi connectivity index (χ1n) is 10.7. The quantitative estimate of drug-likeness (QED) is 0.468. The maximum absolute atomic E-state index is 13.4. The average Bonchev–Trinajstić information content (AvgIpc) is 2.79. The molecule has 0 amide bonds. The van der Waals surface area contributed by atoms with Crippen molar-refractivity contribution in [1.29, 1.82) is 0 Å². The van der Waals surface area contributed by atoms with Crippen molar-refractivity contribution in [2.24, 2.45) is 5.73 Å². The van der Waals surface area contributed by atoms with Crippen LogP contribution < -0.4 is 10.6 Å². The van der Waals surface area contributed by atoms with Crippen LogP contribution in [0.15, 0.2) is 75.7 Å². The van der Waals surface area contributed by atoms with Crippen LogP contribution in [0.3, 0.4) is 0 Å². The van der Waals surface area contributed by atoms with Gasteiger partial charge >= 0.3 is 11.9 Å². The highest BCUT2D eigenvalue weighted by atomic mass is 79.9. The molecule has 0 radical (unpaired) electrons. The van der Waals surface area contributed by atoms with Crippen molar-refractivity contribution >= 4 is 33.6 Å². The van der Waals surface area contributed by atoms with Crippen LogP contribution in [0.5, 0.6) is 0 Å². The number of alkyl halides is 2. The Morgan fingerprint density at radius 2 is 1.62 bits per heavy atom. The molecule has 34 heavy (non-hydrogen) atoms. The highest BCUT2D eigenvalue weighted by Gasteiger charge is 2.41. The molecular weight excluding hydrogens is 510 g/mol. The Labute approximate surface area is 205 Å². The summed E-state index contributed by atoms with van der Waals surface area (Å²) in [6, 6.07) is 12.7. The molecule has 6 nitrogen and oxygen atoms in total. The SMILES string of the molecule is CCOC(=O)C1=C(C)N(c2cccc(C(F)F)c2)C(N)=C(C(=O)OCC)C1c1ccc(Br)cc1. The van der Waals surface area contributed by atoms with E-state index in [4.69, 9.17) is 15.2 Å². The van der Waals surface area contributed by atoms with Gasteiger partial charge < -0.3 is 20.1 Å². The number of nitrogens with zero attached hydrogens (tertiary/aromatic N) is 1. The smallest absolute Gasteiger partial charge is 0.338 e. The number of hydrogen-bond acceptors (Lipinski definition) is 6. The lowest BCUT2D eigenvalue weighted by atomic mass is 9.80. The number of hydrogen-bond donors (Lipinski definition) is 1. The minimum atomic E-state index is -2.70. The van der Waals surface area contributed by atoms with E-state index in [0.717, 1.165) is 4.47 Å². The van der Waals surface area contributed by atoms with Crippen LogP contribution in [0.4, 0.5) is 14.5 Å². The number of rotatable bonds is 7. The molecule has 1 unspecified atom stereocenters. The summed E-state index contributed by atoms with van der Waals surface area (Å²) in [5.41, 5.74) is 7.77. The second-order valence-corrected chi connectivity index (χ2v) is 8.37. The Morgan fingerprint density at radius 1 is 1.03 bits per heavy atom. The van der Waals surface area contributed by atoms with Crippen LogP contribution >= 0.6 is 15.9 Å². The van der Waals surface area contributed by atoms with Crippen LogP contribution in [-0.2, 0) is 19.1 Å². The first-order chi connectivity index (χ1) is 16.2. The first kappa shape index (κ1) is 25.4. The lowest BCUT2D eigenvalue weighted by Gasteiger charge is -2.37. The van der Waals surface area contributed by atoms with Crippen molar-refractivity contribution in [2.75, 3.05) is 18.1 Å². The van der Waals surface area contributed by atoms with Gasteiger partial charge in [-0.25, -0.2) is 18.4 Å². The number of carbonyl (C=O) groups excluding carboxylic acids is 2. The number of benzene rings is 2. The third kappa shape index (κ3) is 4.99. The van der Waals surface area contributed by atoms with Crippen LogP contribution in [0.1, 0.15) is 44.2 Å². The summed E-state index contributed by atoms with van der Waals surface area (Å²) in [4.78, 5) is 27.8. The van der Waals surface area contributed by atoms with Gasteiger partial charge in [0.1, 0.15) is 5.82 Å². The van der Waals surface area contributed by atoms with Gasteiger partial charge in [0.25, 0.3) is 6.43 Å². The molecule has 2 N–H and O–H groups in total. The van der Waals surface area contributed by atoms with Crippen molar-refractivity contribution < 1.29 is 27.8 Å². The Bertz CT molecular complexity index is 1100. The zero-order chi connectivity index (χ0) is 25.0. The van der Waals surface area contributed by atoms with E-state index in [1.807, 2.05) is 0 Å². The van der Waals surface area contributed by atoms with E-state index in [2.05, 4.69) is 15.9 Å². The van der Waals surface area contributed by atoms with Crippen LogP contribution in [0.25, 0.3) is 0 Å². The largest absolute Gasteiger partial charge is 0.463 e. The molecule has 1 aliphatic rings. The van der Waals surface area contributed by atoms with Gasteiger partial charge in [0.15, 0.2) is 0 Å². The van der Waals surface area contributed by atoms with Crippen molar-refractivity contribution in [3.05, 3.63) is 86.8 Å². The highest BCUT2D eigenvalue weighted by molar-refractivity contribution is 9.10. The fraction of sp³-hybridized carbons (Fsp3) is 0.280. The molecular formula is C25H25BrF2N2O4. The monoisotopic (exact) mass is 534 g/mol. The summed E-state index contributed by atoms with van der Waals surface area (Å²) in [5, 5.41) is 0. The summed E-state index contributed by atoms with van der Waals surface area (Å²) in [7, 11) is 0. The van der Waals surface area contributed by atoms with Gasteiger partial charge in [-0.1, -0.05) is 40.2 Å². The van der Waals surface area contributed by atoms with E-state index < -0.39 is 24.3 Å². The molecule has 0 aliphatic carbocycles. The van der Waals surface area contributed by atoms with Gasteiger partial charge in [0.05, 0.1) is 30.3 Å². The van der Waals surface area contributed by atoms with Gasteiger partial charge in [-0.2, -0.15) is 0 Å². The van der Waals surface area contributed by atoms with Crippen LogP contribution in [-0.4, -0.2) is 25.2 Å². The molecule has 2 aromatic carbocycles. The molecule has 0 saturated heterocycles. The summed E-state index contributed by atoms with van der Waals surface area (Å²) >= 11 is 3.39. The number of allylic oxidation sites excluding steroid dienone is 1. The predicted molar refractivity (Wildman–Crippen MR) is 128 cm³/mol. The number of esters is 2. The van der Waals surface area contributed by atoms with Crippen molar-refractivity contribution in [2.45, 2.75) is 33.1 Å². The number of nitrogens with two attached hydrogens (primary N) is 1. The molecule has 3 rings (SSSR count). The molecule has 1 atom stereocenters. The van der Waals surface area contributed by atoms with Crippen molar-refractivity contribution in [1.82, 2.24) is 0 Å². The maximum Gasteiger partial charge on any atom is 0.338 e. The molecule has 0 saturated carbocycles. The predicted octanol–water partition coefficient (Wildman–Crippen LogP) is 5.56. The highest BCUT2D eigenvalue weighted by Crippen LogP contribution is 2.44. The average molecular weight is 535 g/mol. The second kappa shape index (κ2) is 10.8. The third-order valence-corrected chi connectivity index (χ3v) is 5.92. The van der Waals surface area contributed by atoms with E-state index in [9.17, 15) is 18.4 Å². The Kier molecular flexibility index (Phi) is 8.09. The molecule has 180 valence electrons. The molecule has 0 aromatic heterocycles. The lowest BCUT2D eigenvalue weighted by molar-refractivity contribution is -0.139. The number of ether oxygens (including phenoxy) is 2. The van der Waals surface area contributed by atoms with Crippen molar-refractivity contribution in [3.8, 4) is 0 Å². The Balaban J connectivity index is 2.32. The lowest BCUT2D eigenvalue weighted by Crippen LogP contribution is -2.39. The second-order valence-electron chi connectivity index (χ2n) is 7.45. The van der Waals surface area contributed by atoms with Gasteiger partial charge in [-0.3, -0.25) is 0 Å². The van der Waals surface area contributed by atoms with Gasteiger partial charge in [-0.05, 0) is 50.6 Å². The van der Waals surface area contributed by atoms with Gasteiger partial charge in [-0.15, -0.1) is 0 Å².